The molecule has 66 valence electrons. The Labute approximate surface area is 72.0 Å². The Kier molecular flexibility index (Phi) is 4.56. The van der Waals surface area contributed by atoms with Crippen LogP contribution in [0.2, 0.25) is 0 Å². The fraction of sp³-hybridized carbons (Fsp3) is 0.833. The number of alkyl halides is 3. The number of carbonyl (C=O) groups is 1. The van der Waals surface area contributed by atoms with Gasteiger partial charge in [-0.05, 0) is 6.92 Å². The average molecular weight is 231 g/mol. The zero-order valence-electron chi connectivity index (χ0n) is 6.07. The molecule has 0 heterocycles. The van der Waals surface area contributed by atoms with Crippen LogP contribution >= 0.6 is 15.9 Å². The van der Waals surface area contributed by atoms with Crippen LogP contribution in [-0.2, 0) is 9.53 Å². The predicted molar refractivity (Wildman–Crippen MR) is 40.0 cm³/mol. The van der Waals surface area contributed by atoms with Crippen molar-refractivity contribution in [3.63, 3.8) is 0 Å². The fourth-order valence-electron chi connectivity index (χ4n) is 0.457. The maximum absolute atomic E-state index is 12.5. The van der Waals surface area contributed by atoms with Gasteiger partial charge in [-0.15, -0.1) is 0 Å². The van der Waals surface area contributed by atoms with Gasteiger partial charge in [0, 0.05) is 11.8 Å². The van der Waals surface area contributed by atoms with Crippen molar-refractivity contribution >= 4 is 21.9 Å². The molecule has 11 heavy (non-hydrogen) atoms. The second kappa shape index (κ2) is 4.64. The van der Waals surface area contributed by atoms with E-state index in [2.05, 4.69) is 20.7 Å². The molecule has 0 aromatic heterocycles. The minimum absolute atomic E-state index is 0.0172. The van der Waals surface area contributed by atoms with Crippen LogP contribution in [0, 0.1) is 0 Å². The molecule has 0 N–H and O–H groups in total. The Hall–Kier alpha value is -0.190. The highest BCUT2D eigenvalue weighted by Crippen LogP contribution is 2.20. The van der Waals surface area contributed by atoms with Crippen LogP contribution in [0.4, 0.5) is 8.78 Å². The summed E-state index contributed by atoms with van der Waals surface area (Å²) in [5.74, 6) is -4.79. The van der Waals surface area contributed by atoms with Crippen molar-refractivity contribution in [2.45, 2.75) is 19.3 Å². The fourth-order valence-corrected chi connectivity index (χ4v) is 0.955. The van der Waals surface area contributed by atoms with Crippen LogP contribution in [0.5, 0.6) is 0 Å². The van der Waals surface area contributed by atoms with E-state index < -0.39 is 18.3 Å². The molecule has 2 nitrogen and oxygen atoms in total. The third kappa shape index (κ3) is 3.65. The second-order valence-corrected chi connectivity index (χ2v) is 2.66. The molecule has 5 heteroatoms. The Bertz CT molecular complexity index is 139. The maximum atomic E-state index is 12.5. The topological polar surface area (TPSA) is 26.3 Å². The molecule has 0 fully saturated rings. The van der Waals surface area contributed by atoms with E-state index in [-0.39, 0.29) is 11.9 Å². The highest BCUT2D eigenvalue weighted by molar-refractivity contribution is 9.09. The minimum atomic E-state index is -3.35. The van der Waals surface area contributed by atoms with E-state index in [0.717, 1.165) is 0 Å². The Morgan fingerprint density at radius 1 is 1.64 bits per heavy atom. The molecule has 0 amide bonds. The quantitative estimate of drug-likeness (QED) is 0.546. The summed E-state index contributed by atoms with van der Waals surface area (Å²) >= 11 is 2.82. The smallest absolute Gasteiger partial charge is 0.376 e. The van der Waals surface area contributed by atoms with E-state index in [9.17, 15) is 13.6 Å². The van der Waals surface area contributed by atoms with Crippen LogP contribution in [0.15, 0.2) is 0 Å². The number of ether oxygens (including phenoxy) is 1. The Morgan fingerprint density at radius 2 is 2.18 bits per heavy atom. The van der Waals surface area contributed by atoms with Gasteiger partial charge in [0.1, 0.15) is 0 Å². The largest absolute Gasteiger partial charge is 0.462 e. The van der Waals surface area contributed by atoms with E-state index in [1.165, 1.54) is 6.92 Å². The highest BCUT2D eigenvalue weighted by atomic mass is 79.9. The average Bonchev–Trinajstić information content (AvgIpc) is 1.88. The van der Waals surface area contributed by atoms with Gasteiger partial charge in [-0.3, -0.25) is 0 Å². The number of esters is 1. The van der Waals surface area contributed by atoms with E-state index in [1.54, 1.807) is 0 Å². The molecule has 0 aliphatic carbocycles. The lowest BCUT2D eigenvalue weighted by Gasteiger charge is -2.12. The van der Waals surface area contributed by atoms with Gasteiger partial charge in [0.15, 0.2) is 0 Å². The third-order valence-electron chi connectivity index (χ3n) is 0.983. The molecule has 0 saturated heterocycles. The van der Waals surface area contributed by atoms with Crippen molar-refractivity contribution in [2.24, 2.45) is 0 Å². The van der Waals surface area contributed by atoms with Gasteiger partial charge < -0.3 is 4.74 Å². The number of carbonyl (C=O) groups excluding carboxylic acids is 1. The molecular formula is C6H9BrF2O2. The summed E-state index contributed by atoms with van der Waals surface area (Å²) in [6, 6.07) is 0. The van der Waals surface area contributed by atoms with Crippen LogP contribution in [0.25, 0.3) is 0 Å². The van der Waals surface area contributed by atoms with Gasteiger partial charge in [0.25, 0.3) is 0 Å². The molecule has 0 aliphatic rings. The zero-order valence-corrected chi connectivity index (χ0v) is 7.66. The van der Waals surface area contributed by atoms with Gasteiger partial charge in [-0.25, -0.2) is 4.79 Å². The summed E-state index contributed by atoms with van der Waals surface area (Å²) in [5, 5.41) is 0.0822. The van der Waals surface area contributed by atoms with E-state index in [1.807, 2.05) is 0 Å². The molecule has 0 bridgehead atoms. The first kappa shape index (κ1) is 10.8. The Balaban J connectivity index is 3.94. The first-order valence-corrected chi connectivity index (χ1v) is 4.27. The van der Waals surface area contributed by atoms with Crippen LogP contribution in [0.3, 0.4) is 0 Å². The molecule has 0 saturated carbocycles. The van der Waals surface area contributed by atoms with E-state index in [4.69, 9.17) is 0 Å². The molecule has 0 aliphatic heterocycles. The van der Waals surface area contributed by atoms with Crippen molar-refractivity contribution in [3.8, 4) is 0 Å². The van der Waals surface area contributed by atoms with Gasteiger partial charge in [0.2, 0.25) is 0 Å². The normalized spacial score (nSPS) is 11.3. The highest BCUT2D eigenvalue weighted by Gasteiger charge is 2.39. The van der Waals surface area contributed by atoms with Gasteiger partial charge in [-0.1, -0.05) is 15.9 Å². The molecule has 0 spiro atoms. The predicted octanol–water partition coefficient (Wildman–Crippen LogP) is 1.97. The first-order valence-electron chi connectivity index (χ1n) is 3.15. The second-order valence-electron chi connectivity index (χ2n) is 1.86. The molecule has 0 rings (SSSR count). The first-order chi connectivity index (χ1) is 5.04. The van der Waals surface area contributed by atoms with Crippen LogP contribution in [0.1, 0.15) is 13.3 Å². The molecule has 0 unspecified atom stereocenters. The summed E-state index contributed by atoms with van der Waals surface area (Å²) in [4.78, 5) is 10.5. The summed E-state index contributed by atoms with van der Waals surface area (Å²) in [5.41, 5.74) is 0. The number of hydrogen-bond donors (Lipinski definition) is 0. The molecule has 0 atom stereocenters. The molecular weight excluding hydrogens is 222 g/mol. The van der Waals surface area contributed by atoms with Crippen LogP contribution < -0.4 is 0 Å². The number of rotatable bonds is 4. The Morgan fingerprint density at radius 3 is 2.55 bits per heavy atom. The number of halogens is 3. The zero-order chi connectivity index (χ0) is 8.91. The lowest BCUT2D eigenvalue weighted by atomic mass is 10.3. The summed E-state index contributed by atoms with van der Waals surface area (Å²) < 4.78 is 29.1. The van der Waals surface area contributed by atoms with Crippen molar-refractivity contribution < 1.29 is 18.3 Å². The SMILES string of the molecule is CCOC(=O)C(F)(F)CCBr. The van der Waals surface area contributed by atoms with Crippen LogP contribution in [-0.4, -0.2) is 23.8 Å². The van der Waals surface area contributed by atoms with Gasteiger partial charge in [0.05, 0.1) is 6.61 Å². The molecule has 0 aromatic carbocycles. The van der Waals surface area contributed by atoms with E-state index >= 15 is 0 Å². The number of hydrogen-bond acceptors (Lipinski definition) is 2. The van der Waals surface area contributed by atoms with Gasteiger partial charge in [-0.2, -0.15) is 8.78 Å². The summed E-state index contributed by atoms with van der Waals surface area (Å²) in [6.07, 6.45) is -0.522. The lowest BCUT2D eigenvalue weighted by molar-refractivity contribution is -0.171. The monoisotopic (exact) mass is 230 g/mol. The molecule has 0 radical (unpaired) electrons. The summed E-state index contributed by atoms with van der Waals surface area (Å²) in [6.45, 7) is 1.47. The maximum Gasteiger partial charge on any atom is 0.376 e. The van der Waals surface area contributed by atoms with Crippen molar-refractivity contribution in [1.29, 1.82) is 0 Å². The summed E-state index contributed by atoms with van der Waals surface area (Å²) in [7, 11) is 0. The molecule has 0 aromatic rings. The van der Waals surface area contributed by atoms with E-state index in [0.29, 0.717) is 0 Å². The van der Waals surface area contributed by atoms with Crippen molar-refractivity contribution in [1.82, 2.24) is 0 Å². The van der Waals surface area contributed by atoms with Gasteiger partial charge >= 0.3 is 11.9 Å². The lowest BCUT2D eigenvalue weighted by Crippen LogP contribution is -2.31. The third-order valence-corrected chi connectivity index (χ3v) is 1.38. The van der Waals surface area contributed by atoms with Crippen molar-refractivity contribution in [3.05, 3.63) is 0 Å². The minimum Gasteiger partial charge on any atom is -0.462 e. The van der Waals surface area contributed by atoms with Crippen molar-refractivity contribution in [2.75, 3.05) is 11.9 Å². The standard InChI is InChI=1S/C6H9BrF2O2/c1-2-11-5(10)6(8,9)3-4-7/h2-4H2,1H3.